The molecule has 0 saturated carbocycles. The number of amides is 3. The van der Waals surface area contributed by atoms with Crippen LogP contribution in [-0.4, -0.2) is 50.1 Å². The zero-order valence-corrected chi connectivity index (χ0v) is 19.6. The minimum atomic E-state index is -0.775. The average Bonchev–Trinajstić information content (AvgIpc) is 3.24. The normalized spacial score (nSPS) is 20.5. The fourth-order valence-corrected chi connectivity index (χ4v) is 5.46. The first-order valence-corrected chi connectivity index (χ1v) is 11.9. The Morgan fingerprint density at radius 3 is 2.52 bits per heavy atom. The van der Waals surface area contributed by atoms with Crippen LogP contribution in [-0.2, 0) is 30.6 Å². The van der Waals surface area contributed by atoms with Crippen molar-refractivity contribution in [2.24, 2.45) is 5.41 Å². The van der Waals surface area contributed by atoms with E-state index in [2.05, 4.69) is 42.4 Å². The number of carbonyl (C=O) groups is 2. The first kappa shape index (κ1) is 21.8. The molecule has 2 aliphatic heterocycles. The third-order valence-corrected chi connectivity index (χ3v) is 7.15. The summed E-state index contributed by atoms with van der Waals surface area (Å²) in [5, 5.41) is 20.0. The largest absolute Gasteiger partial charge is 0.323 e. The number of nitrogens with one attached hydrogen (secondary N) is 2. The monoisotopic (exact) mass is 449 g/mol. The topological polar surface area (TPSA) is 115 Å². The molecule has 0 atom stereocenters. The summed E-state index contributed by atoms with van der Waals surface area (Å²) in [6.45, 7) is 8.68. The van der Waals surface area contributed by atoms with E-state index in [0.29, 0.717) is 38.2 Å². The molecule has 1 spiro atoms. The van der Waals surface area contributed by atoms with E-state index in [1.54, 1.807) is 0 Å². The van der Waals surface area contributed by atoms with Gasteiger partial charge < -0.3 is 5.32 Å². The summed E-state index contributed by atoms with van der Waals surface area (Å²) in [6, 6.07) is 1.93. The fraction of sp³-hybridized carbons (Fsp3) is 0.625. The number of nitrogens with zero attached hydrogens (tertiary/aromatic N) is 5. The number of rotatable bonds is 3. The van der Waals surface area contributed by atoms with E-state index < -0.39 is 11.6 Å². The van der Waals surface area contributed by atoms with Crippen molar-refractivity contribution in [3.05, 3.63) is 28.2 Å². The molecule has 2 aromatic rings. The highest BCUT2D eigenvalue weighted by Gasteiger charge is 2.47. The molecule has 2 aromatic heterocycles. The maximum absolute atomic E-state index is 12.3. The summed E-state index contributed by atoms with van der Waals surface area (Å²) in [6.07, 6.45) is 5.96. The lowest BCUT2D eigenvalue weighted by molar-refractivity contribution is -0.125. The van der Waals surface area contributed by atoms with Crippen molar-refractivity contribution in [3.8, 4) is 6.07 Å². The van der Waals surface area contributed by atoms with Gasteiger partial charge in [0.15, 0.2) is 5.65 Å². The molecule has 0 unspecified atom stereocenters. The molecular formula is C24H31N7O2. The van der Waals surface area contributed by atoms with Gasteiger partial charge in [0.1, 0.15) is 17.3 Å². The summed E-state index contributed by atoms with van der Waals surface area (Å²) < 4.78 is 2.00. The Balaban J connectivity index is 1.49. The van der Waals surface area contributed by atoms with Crippen LogP contribution < -0.4 is 10.6 Å². The highest BCUT2D eigenvalue weighted by atomic mass is 16.2. The Bertz CT molecular complexity index is 1180. The number of likely N-dealkylation sites (tertiary alicyclic amines) is 1. The van der Waals surface area contributed by atoms with Crippen molar-refractivity contribution in [1.29, 1.82) is 5.26 Å². The third-order valence-electron chi connectivity index (χ3n) is 7.15. The van der Waals surface area contributed by atoms with Crippen LogP contribution in [0.15, 0.2) is 0 Å². The fourth-order valence-electron chi connectivity index (χ4n) is 5.46. The van der Waals surface area contributed by atoms with E-state index in [0.717, 1.165) is 60.3 Å². The number of aryl methyl sites for hydroxylation is 1. The van der Waals surface area contributed by atoms with Gasteiger partial charge in [0.25, 0.3) is 5.91 Å². The summed E-state index contributed by atoms with van der Waals surface area (Å²) in [5.41, 5.74) is 4.91. The zero-order chi connectivity index (χ0) is 23.4. The lowest BCUT2D eigenvalue weighted by atomic mass is 9.86. The zero-order valence-electron chi connectivity index (χ0n) is 19.6. The van der Waals surface area contributed by atoms with Gasteiger partial charge in [-0.1, -0.05) is 20.8 Å². The highest BCUT2D eigenvalue weighted by molar-refractivity contribution is 6.07. The van der Waals surface area contributed by atoms with Crippen LogP contribution in [0.4, 0.5) is 4.79 Å². The van der Waals surface area contributed by atoms with E-state index in [1.807, 2.05) is 4.52 Å². The van der Waals surface area contributed by atoms with Gasteiger partial charge in [0.2, 0.25) is 0 Å². The quantitative estimate of drug-likeness (QED) is 0.695. The molecule has 0 bridgehead atoms. The van der Waals surface area contributed by atoms with Crippen LogP contribution >= 0.6 is 0 Å². The molecule has 2 saturated heterocycles. The number of fused-ring (bicyclic) bond motifs is 3. The van der Waals surface area contributed by atoms with Gasteiger partial charge in [-0.2, -0.15) is 10.4 Å². The van der Waals surface area contributed by atoms with E-state index in [9.17, 15) is 14.9 Å². The number of hydrogen-bond acceptors (Lipinski definition) is 6. The van der Waals surface area contributed by atoms with Crippen LogP contribution in [0, 0.1) is 16.7 Å². The maximum Gasteiger partial charge on any atom is 0.322 e. The Kier molecular flexibility index (Phi) is 5.16. The molecule has 9 heteroatoms. The molecule has 0 radical (unpaired) electrons. The summed E-state index contributed by atoms with van der Waals surface area (Å²) in [4.78, 5) is 31.0. The van der Waals surface area contributed by atoms with Gasteiger partial charge in [-0.05, 0) is 50.4 Å². The number of imide groups is 1. The Morgan fingerprint density at radius 2 is 1.88 bits per heavy atom. The molecule has 4 heterocycles. The van der Waals surface area contributed by atoms with Gasteiger partial charge in [-0.25, -0.2) is 14.3 Å². The lowest BCUT2D eigenvalue weighted by Gasteiger charge is -2.36. The predicted octanol–water partition coefficient (Wildman–Crippen LogP) is 2.24. The van der Waals surface area contributed by atoms with E-state index >= 15 is 0 Å². The summed E-state index contributed by atoms with van der Waals surface area (Å²) in [5.74, 6) is -0.215. The SMILES string of the molecule is CC(C)(C)Cc1c(CN2CCC3(CC2)NC(=O)NC3=O)nn2c3c(c(C#N)nc12)CCCC3. The molecule has 174 valence electrons. The Morgan fingerprint density at radius 1 is 1.15 bits per heavy atom. The second-order valence-corrected chi connectivity index (χ2v) is 10.9. The molecule has 2 fully saturated rings. The van der Waals surface area contributed by atoms with Crippen molar-refractivity contribution in [3.63, 3.8) is 0 Å². The van der Waals surface area contributed by atoms with Crippen molar-refractivity contribution in [2.75, 3.05) is 13.1 Å². The van der Waals surface area contributed by atoms with Crippen molar-refractivity contribution in [2.45, 2.75) is 77.8 Å². The lowest BCUT2D eigenvalue weighted by Crippen LogP contribution is -2.54. The molecule has 9 nitrogen and oxygen atoms in total. The Labute approximate surface area is 193 Å². The third kappa shape index (κ3) is 3.86. The van der Waals surface area contributed by atoms with Crippen LogP contribution in [0.2, 0.25) is 0 Å². The average molecular weight is 450 g/mol. The highest BCUT2D eigenvalue weighted by Crippen LogP contribution is 2.32. The van der Waals surface area contributed by atoms with Crippen molar-refractivity contribution >= 4 is 17.6 Å². The minimum absolute atomic E-state index is 0.0425. The van der Waals surface area contributed by atoms with Gasteiger partial charge in [0.05, 0.1) is 11.4 Å². The smallest absolute Gasteiger partial charge is 0.322 e. The standard InChI is InChI=1S/C24H31N7O2/c1-23(2,3)12-16-18(14-30-10-8-24(9-11-30)21(32)27-22(33)28-24)29-31-19-7-5-4-6-15(19)17(13-25)26-20(16)31/h4-12,14H2,1-3H3,(H2,27,28,32,33). The van der Waals surface area contributed by atoms with Gasteiger partial charge in [-0.15, -0.1) is 0 Å². The predicted molar refractivity (Wildman–Crippen MR) is 121 cm³/mol. The summed E-state index contributed by atoms with van der Waals surface area (Å²) >= 11 is 0. The van der Waals surface area contributed by atoms with Crippen LogP contribution in [0.5, 0.6) is 0 Å². The van der Waals surface area contributed by atoms with Crippen molar-refractivity contribution < 1.29 is 9.59 Å². The van der Waals surface area contributed by atoms with Crippen LogP contribution in [0.3, 0.4) is 0 Å². The van der Waals surface area contributed by atoms with E-state index in [-0.39, 0.29) is 11.3 Å². The van der Waals surface area contributed by atoms with Crippen LogP contribution in [0.25, 0.3) is 5.65 Å². The first-order valence-electron chi connectivity index (χ1n) is 11.9. The first-order chi connectivity index (χ1) is 15.7. The number of piperidine rings is 1. The molecule has 3 aliphatic rings. The van der Waals surface area contributed by atoms with Crippen LogP contribution in [0.1, 0.15) is 74.7 Å². The van der Waals surface area contributed by atoms with Crippen molar-refractivity contribution in [1.82, 2.24) is 30.1 Å². The molecule has 2 N–H and O–H groups in total. The number of nitriles is 1. The molecule has 0 aromatic carbocycles. The second kappa shape index (κ2) is 7.80. The van der Waals surface area contributed by atoms with Gasteiger partial charge in [-0.3, -0.25) is 15.0 Å². The van der Waals surface area contributed by atoms with Gasteiger partial charge >= 0.3 is 6.03 Å². The molecule has 5 rings (SSSR count). The van der Waals surface area contributed by atoms with Gasteiger partial charge in [0, 0.05) is 30.8 Å². The molecular weight excluding hydrogens is 418 g/mol. The number of urea groups is 1. The van der Waals surface area contributed by atoms with E-state index in [1.165, 1.54) is 0 Å². The number of hydrogen-bond donors (Lipinski definition) is 2. The summed E-state index contributed by atoms with van der Waals surface area (Å²) in [7, 11) is 0. The van der Waals surface area contributed by atoms with E-state index in [4.69, 9.17) is 10.1 Å². The number of aromatic nitrogens is 3. The molecule has 3 amide bonds. The molecule has 1 aliphatic carbocycles. The molecule has 33 heavy (non-hydrogen) atoms. The number of carbonyl (C=O) groups excluding carboxylic acids is 2. The second-order valence-electron chi connectivity index (χ2n) is 10.9. The Hall–Kier alpha value is -2.99. The maximum atomic E-state index is 12.3. The minimum Gasteiger partial charge on any atom is -0.323 e.